The number of hydrogen-bond acceptors (Lipinski definition) is 3. The summed E-state index contributed by atoms with van der Waals surface area (Å²) in [5, 5.41) is 9.24. The molecule has 16 heavy (non-hydrogen) atoms. The number of rotatable bonds is 2. The quantitative estimate of drug-likeness (QED) is 0.743. The van der Waals surface area contributed by atoms with Gasteiger partial charge in [0.1, 0.15) is 0 Å². The Labute approximate surface area is 97.2 Å². The van der Waals surface area contributed by atoms with Crippen molar-refractivity contribution < 1.29 is 9.90 Å². The van der Waals surface area contributed by atoms with Crippen LogP contribution in [-0.2, 0) is 4.79 Å². The second kappa shape index (κ2) is 5.15. The van der Waals surface area contributed by atoms with E-state index in [0.717, 1.165) is 25.9 Å². The maximum atomic E-state index is 12.2. The zero-order valence-corrected chi connectivity index (χ0v) is 10.1. The van der Waals surface area contributed by atoms with Crippen molar-refractivity contribution in [1.82, 2.24) is 9.80 Å². The lowest BCUT2D eigenvalue weighted by Crippen LogP contribution is -2.59. The van der Waals surface area contributed by atoms with Crippen LogP contribution in [0.3, 0.4) is 0 Å². The van der Waals surface area contributed by atoms with E-state index in [-0.39, 0.29) is 18.1 Å². The topological polar surface area (TPSA) is 43.8 Å². The minimum Gasteiger partial charge on any atom is -0.390 e. The number of aliphatic hydroxyl groups is 1. The fourth-order valence-corrected chi connectivity index (χ4v) is 2.52. The molecule has 0 radical (unpaired) electrons. The van der Waals surface area contributed by atoms with Crippen molar-refractivity contribution in [1.29, 1.82) is 0 Å². The average molecular weight is 226 g/mol. The molecule has 0 aliphatic carbocycles. The number of carbonyl (C=O) groups excluding carboxylic acids is 1. The summed E-state index contributed by atoms with van der Waals surface area (Å²) in [6.07, 6.45) is 4.56. The first-order valence-corrected chi connectivity index (χ1v) is 6.39. The number of nitrogens with zero attached hydrogens (tertiary/aromatic N) is 2. The van der Waals surface area contributed by atoms with Crippen LogP contribution in [0.15, 0.2) is 0 Å². The minimum atomic E-state index is -0.223. The van der Waals surface area contributed by atoms with E-state index in [1.807, 2.05) is 11.8 Å². The lowest BCUT2D eigenvalue weighted by Gasteiger charge is -2.41. The molecule has 92 valence electrons. The molecule has 4 heteroatoms. The maximum Gasteiger partial charge on any atom is 0.239 e. The van der Waals surface area contributed by atoms with Crippen molar-refractivity contribution in [3.05, 3.63) is 0 Å². The predicted molar refractivity (Wildman–Crippen MR) is 62.1 cm³/mol. The molecule has 2 saturated heterocycles. The summed E-state index contributed by atoms with van der Waals surface area (Å²) in [4.78, 5) is 16.3. The van der Waals surface area contributed by atoms with Gasteiger partial charge in [0, 0.05) is 26.2 Å². The van der Waals surface area contributed by atoms with Crippen molar-refractivity contribution >= 4 is 5.91 Å². The Kier molecular flexibility index (Phi) is 3.82. The Morgan fingerprint density at radius 1 is 1.19 bits per heavy atom. The van der Waals surface area contributed by atoms with Gasteiger partial charge in [-0.2, -0.15) is 0 Å². The minimum absolute atomic E-state index is 0.0542. The summed E-state index contributed by atoms with van der Waals surface area (Å²) >= 11 is 0. The highest BCUT2D eigenvalue weighted by atomic mass is 16.3. The third-order valence-corrected chi connectivity index (χ3v) is 3.71. The highest BCUT2D eigenvalue weighted by molar-refractivity contribution is 5.81. The van der Waals surface area contributed by atoms with Crippen LogP contribution >= 0.6 is 0 Å². The Morgan fingerprint density at radius 3 is 2.25 bits per heavy atom. The van der Waals surface area contributed by atoms with Gasteiger partial charge in [0.15, 0.2) is 0 Å². The predicted octanol–water partition coefficient (Wildman–Crippen LogP) is 0.454. The summed E-state index contributed by atoms with van der Waals surface area (Å²) in [6.45, 7) is 5.10. The standard InChI is InChI=1S/C12H22N2O2/c1-10(14-8-11(15)9-14)12(16)13-6-4-2-3-5-7-13/h10-11,15H,2-9H2,1H3. The summed E-state index contributed by atoms with van der Waals surface area (Å²) in [5.74, 6) is 0.244. The van der Waals surface area contributed by atoms with E-state index in [9.17, 15) is 9.90 Å². The van der Waals surface area contributed by atoms with Gasteiger partial charge in [-0.1, -0.05) is 12.8 Å². The van der Waals surface area contributed by atoms with Crippen LogP contribution in [0.1, 0.15) is 32.6 Å². The molecule has 0 aromatic carbocycles. The SMILES string of the molecule is CC(C(=O)N1CCCCCC1)N1CC(O)C1. The van der Waals surface area contributed by atoms with E-state index in [0.29, 0.717) is 13.1 Å². The summed E-state index contributed by atoms with van der Waals surface area (Å²) in [7, 11) is 0. The van der Waals surface area contributed by atoms with Gasteiger partial charge < -0.3 is 10.0 Å². The van der Waals surface area contributed by atoms with Crippen molar-refractivity contribution in [3.8, 4) is 0 Å². The lowest BCUT2D eigenvalue weighted by atomic mass is 10.1. The van der Waals surface area contributed by atoms with Gasteiger partial charge in [0.25, 0.3) is 0 Å². The van der Waals surface area contributed by atoms with Crippen LogP contribution in [0.4, 0.5) is 0 Å². The Bertz CT molecular complexity index is 243. The molecule has 2 heterocycles. The molecule has 2 fully saturated rings. The van der Waals surface area contributed by atoms with E-state index in [4.69, 9.17) is 0 Å². The number of carbonyl (C=O) groups is 1. The smallest absolute Gasteiger partial charge is 0.239 e. The zero-order valence-electron chi connectivity index (χ0n) is 10.1. The third-order valence-electron chi connectivity index (χ3n) is 3.71. The van der Waals surface area contributed by atoms with Gasteiger partial charge in [-0.3, -0.25) is 9.69 Å². The van der Waals surface area contributed by atoms with Crippen LogP contribution in [0.5, 0.6) is 0 Å². The van der Waals surface area contributed by atoms with Gasteiger partial charge in [0.2, 0.25) is 5.91 Å². The van der Waals surface area contributed by atoms with Crippen molar-refractivity contribution in [2.75, 3.05) is 26.2 Å². The second-order valence-corrected chi connectivity index (χ2v) is 5.02. The molecule has 0 aromatic rings. The molecular formula is C12H22N2O2. The van der Waals surface area contributed by atoms with Crippen LogP contribution in [0, 0.1) is 0 Å². The first-order valence-electron chi connectivity index (χ1n) is 6.39. The van der Waals surface area contributed by atoms with Crippen molar-refractivity contribution in [2.45, 2.75) is 44.8 Å². The molecule has 2 aliphatic heterocycles. The largest absolute Gasteiger partial charge is 0.390 e. The summed E-state index contributed by atoms with van der Waals surface area (Å²) in [6, 6.07) is -0.0542. The number of amides is 1. The molecule has 4 nitrogen and oxygen atoms in total. The monoisotopic (exact) mass is 226 g/mol. The third kappa shape index (κ3) is 2.55. The molecule has 0 saturated carbocycles. The fraction of sp³-hybridized carbons (Fsp3) is 0.917. The Balaban J connectivity index is 1.85. The van der Waals surface area contributed by atoms with Crippen LogP contribution in [-0.4, -0.2) is 59.1 Å². The highest BCUT2D eigenvalue weighted by Crippen LogP contribution is 2.16. The molecule has 1 atom stereocenters. The van der Waals surface area contributed by atoms with Gasteiger partial charge in [-0.05, 0) is 19.8 Å². The number of aliphatic hydroxyl groups excluding tert-OH is 1. The maximum absolute atomic E-state index is 12.2. The lowest BCUT2D eigenvalue weighted by molar-refractivity contribution is -0.140. The Hall–Kier alpha value is -0.610. The molecule has 2 rings (SSSR count). The highest BCUT2D eigenvalue weighted by Gasteiger charge is 2.34. The number of likely N-dealkylation sites (tertiary alicyclic amines) is 2. The van der Waals surface area contributed by atoms with Crippen LogP contribution < -0.4 is 0 Å². The molecule has 0 bridgehead atoms. The zero-order chi connectivity index (χ0) is 11.5. The van der Waals surface area contributed by atoms with E-state index < -0.39 is 0 Å². The van der Waals surface area contributed by atoms with Gasteiger partial charge in [-0.15, -0.1) is 0 Å². The normalized spacial score (nSPS) is 26.0. The van der Waals surface area contributed by atoms with E-state index in [2.05, 4.69) is 4.90 Å². The van der Waals surface area contributed by atoms with Gasteiger partial charge in [-0.25, -0.2) is 0 Å². The molecule has 0 spiro atoms. The van der Waals surface area contributed by atoms with E-state index in [1.165, 1.54) is 12.8 Å². The molecule has 1 amide bonds. The van der Waals surface area contributed by atoms with E-state index >= 15 is 0 Å². The summed E-state index contributed by atoms with van der Waals surface area (Å²) in [5.41, 5.74) is 0. The van der Waals surface area contributed by atoms with Gasteiger partial charge >= 0.3 is 0 Å². The fourth-order valence-electron chi connectivity index (χ4n) is 2.52. The van der Waals surface area contributed by atoms with Crippen LogP contribution in [0.2, 0.25) is 0 Å². The molecule has 1 unspecified atom stereocenters. The molecule has 0 aromatic heterocycles. The Morgan fingerprint density at radius 2 is 1.75 bits per heavy atom. The first kappa shape index (κ1) is 11.9. The molecular weight excluding hydrogens is 204 g/mol. The van der Waals surface area contributed by atoms with Crippen LogP contribution in [0.25, 0.3) is 0 Å². The average Bonchev–Trinajstić information content (AvgIpc) is 2.51. The number of β-amino-alcohol motifs (C(OH)–C–C–N with tert-alkyl or cyclic N) is 1. The number of hydrogen-bond donors (Lipinski definition) is 1. The summed E-state index contributed by atoms with van der Waals surface area (Å²) < 4.78 is 0. The van der Waals surface area contributed by atoms with E-state index in [1.54, 1.807) is 0 Å². The second-order valence-electron chi connectivity index (χ2n) is 5.02. The molecule has 1 N–H and O–H groups in total. The first-order chi connectivity index (χ1) is 7.68. The van der Waals surface area contributed by atoms with Gasteiger partial charge in [0.05, 0.1) is 12.1 Å². The van der Waals surface area contributed by atoms with Crippen molar-refractivity contribution in [2.24, 2.45) is 0 Å². The van der Waals surface area contributed by atoms with Crippen molar-refractivity contribution in [3.63, 3.8) is 0 Å². The molecule has 2 aliphatic rings.